The molecular weight excluding hydrogens is 925 g/mol. The summed E-state index contributed by atoms with van der Waals surface area (Å²) in [5.41, 5.74) is 6.69. The lowest BCUT2D eigenvalue weighted by Crippen LogP contribution is -2.54. The van der Waals surface area contributed by atoms with E-state index in [0.717, 1.165) is 87.8 Å². The number of imide groups is 2. The Balaban J connectivity index is 0.768. The second kappa shape index (κ2) is 17.7. The molecule has 10 rings (SSSR count). The molecule has 4 amide bonds. The number of hydrogen-bond donors (Lipinski definition) is 3. The van der Waals surface area contributed by atoms with E-state index in [4.69, 9.17) is 9.72 Å². The average molecular weight is 977 g/mol. The number of carbonyl (C=O) groups is 4. The van der Waals surface area contributed by atoms with Crippen molar-refractivity contribution < 1.29 is 28.5 Å². The Labute approximate surface area is 390 Å². The number of piperazine rings is 1. The van der Waals surface area contributed by atoms with Gasteiger partial charge in [-0.15, -0.1) is 0 Å². The van der Waals surface area contributed by atoms with Gasteiger partial charge in [0.15, 0.2) is 0 Å². The van der Waals surface area contributed by atoms with Crippen LogP contribution in [-0.2, 0) is 14.2 Å². The normalized spacial score (nSPS) is 19.6. The lowest BCUT2D eigenvalue weighted by Gasteiger charge is -2.40. The first-order chi connectivity index (χ1) is 31.8. The Morgan fingerprint density at radius 3 is 2.30 bits per heavy atom. The van der Waals surface area contributed by atoms with Gasteiger partial charge in [-0.2, -0.15) is 4.98 Å². The maximum atomic E-state index is 13.6. The molecule has 342 valence electrons. The highest BCUT2D eigenvalue weighted by atomic mass is 79.9. The Kier molecular flexibility index (Phi) is 11.8. The van der Waals surface area contributed by atoms with Crippen molar-refractivity contribution in [2.24, 2.45) is 5.92 Å². The van der Waals surface area contributed by atoms with Crippen molar-refractivity contribution in [3.8, 4) is 5.75 Å². The quantitative estimate of drug-likeness (QED) is 0.0938. The maximum absolute atomic E-state index is 13.6. The number of hydrogen-bond acceptors (Lipinski definition) is 15. The Morgan fingerprint density at radius 1 is 0.818 bits per heavy atom. The minimum Gasteiger partial charge on any atom is -0.494 e. The van der Waals surface area contributed by atoms with Crippen LogP contribution in [0.15, 0.2) is 65.5 Å². The van der Waals surface area contributed by atoms with E-state index >= 15 is 0 Å². The average Bonchev–Trinajstić information content (AvgIpc) is 4.13. The van der Waals surface area contributed by atoms with Crippen LogP contribution in [-0.4, -0.2) is 126 Å². The van der Waals surface area contributed by atoms with Crippen LogP contribution in [0.3, 0.4) is 0 Å². The molecule has 3 aromatic carbocycles. The SMILES string of the molecule is COc1cc(N2CCC(CN3CCN(c4ccc5c(c4)C(=O)N(C4CCC(=O)NC4=O)C5=O)CC3)CC2)c(C2CC2)cc1Nc1ncc(Br)c(Nc2ccc3nccnc3c2P(C)(C)=O)n1. The third-order valence-electron chi connectivity index (χ3n) is 13.4. The fourth-order valence-electron chi connectivity index (χ4n) is 9.84. The van der Waals surface area contributed by atoms with Gasteiger partial charge >= 0.3 is 0 Å². The van der Waals surface area contributed by atoms with Gasteiger partial charge in [0.1, 0.15) is 30.3 Å². The first-order valence-corrected chi connectivity index (χ1v) is 25.9. The van der Waals surface area contributed by atoms with Crippen molar-refractivity contribution >= 4 is 97.6 Å². The summed E-state index contributed by atoms with van der Waals surface area (Å²) >= 11 is 3.61. The molecule has 3 N–H and O–H groups in total. The predicted octanol–water partition coefficient (Wildman–Crippen LogP) is 6.24. The lowest BCUT2D eigenvalue weighted by molar-refractivity contribution is -0.136. The number of methoxy groups -OCH3 is 1. The zero-order valence-electron chi connectivity index (χ0n) is 37.1. The first-order valence-electron chi connectivity index (χ1n) is 22.5. The number of ether oxygens (including phenoxy) is 1. The molecule has 0 bridgehead atoms. The fraction of sp³-hybridized carbons (Fsp3) is 0.404. The minimum absolute atomic E-state index is 0.0891. The van der Waals surface area contributed by atoms with Crippen molar-refractivity contribution in [3.05, 3.63) is 82.2 Å². The van der Waals surface area contributed by atoms with Crippen molar-refractivity contribution in [2.45, 2.75) is 50.5 Å². The van der Waals surface area contributed by atoms with Gasteiger partial charge in [0.2, 0.25) is 17.8 Å². The lowest BCUT2D eigenvalue weighted by atomic mass is 9.94. The van der Waals surface area contributed by atoms with Crippen molar-refractivity contribution in [1.82, 2.24) is 35.1 Å². The molecule has 1 unspecified atom stereocenters. The molecule has 4 fully saturated rings. The number of rotatable bonds is 12. The summed E-state index contributed by atoms with van der Waals surface area (Å²) in [6.45, 7) is 9.76. The van der Waals surface area contributed by atoms with Crippen LogP contribution in [0.2, 0.25) is 0 Å². The molecule has 19 heteroatoms. The molecule has 17 nitrogen and oxygen atoms in total. The van der Waals surface area contributed by atoms with E-state index in [1.54, 1.807) is 51.2 Å². The summed E-state index contributed by atoms with van der Waals surface area (Å²) in [4.78, 5) is 77.5. The Hall–Kier alpha value is -5.97. The molecule has 3 saturated heterocycles. The topological polar surface area (TPSA) is 195 Å². The van der Waals surface area contributed by atoms with Crippen LogP contribution >= 0.6 is 23.1 Å². The van der Waals surface area contributed by atoms with Crippen molar-refractivity contribution in [2.75, 3.05) is 86.7 Å². The number of piperidine rings is 2. The summed E-state index contributed by atoms with van der Waals surface area (Å²) in [6.07, 6.45) is 9.58. The fourth-order valence-corrected chi connectivity index (χ4v) is 11.5. The van der Waals surface area contributed by atoms with Crippen LogP contribution in [0.25, 0.3) is 11.0 Å². The maximum Gasteiger partial charge on any atom is 0.262 e. The predicted molar refractivity (Wildman–Crippen MR) is 257 cm³/mol. The second-order valence-electron chi connectivity index (χ2n) is 18.2. The monoisotopic (exact) mass is 975 g/mol. The van der Waals surface area contributed by atoms with Gasteiger partial charge < -0.3 is 29.7 Å². The van der Waals surface area contributed by atoms with Crippen LogP contribution in [0.1, 0.15) is 70.7 Å². The molecular formula is C47H51BrN11O6P. The molecule has 66 heavy (non-hydrogen) atoms. The second-order valence-corrected chi connectivity index (χ2v) is 22.2. The zero-order chi connectivity index (χ0) is 45.9. The van der Waals surface area contributed by atoms with Gasteiger partial charge in [-0.3, -0.25) is 44.3 Å². The van der Waals surface area contributed by atoms with Gasteiger partial charge in [-0.25, -0.2) is 4.98 Å². The van der Waals surface area contributed by atoms with Gasteiger partial charge in [0.05, 0.1) is 44.9 Å². The Bertz CT molecular complexity index is 2840. The van der Waals surface area contributed by atoms with Crippen molar-refractivity contribution in [3.63, 3.8) is 0 Å². The number of amides is 4. The number of nitrogens with zero attached hydrogens (tertiary/aromatic N) is 8. The third kappa shape index (κ3) is 8.61. The highest BCUT2D eigenvalue weighted by molar-refractivity contribution is 9.10. The van der Waals surface area contributed by atoms with Crippen LogP contribution in [0, 0.1) is 5.92 Å². The van der Waals surface area contributed by atoms with Crippen LogP contribution in [0.4, 0.5) is 34.5 Å². The van der Waals surface area contributed by atoms with Crippen LogP contribution in [0.5, 0.6) is 5.75 Å². The third-order valence-corrected chi connectivity index (χ3v) is 15.5. The molecule has 0 spiro atoms. The number of carbonyl (C=O) groups excluding carboxylic acids is 4. The number of anilines is 6. The highest BCUT2D eigenvalue weighted by Gasteiger charge is 2.45. The number of nitrogens with one attached hydrogen (secondary N) is 3. The smallest absolute Gasteiger partial charge is 0.262 e. The zero-order valence-corrected chi connectivity index (χ0v) is 39.5. The molecule has 4 aliphatic heterocycles. The minimum atomic E-state index is -2.79. The molecule has 5 aromatic rings. The van der Waals surface area contributed by atoms with Crippen LogP contribution < -0.4 is 35.8 Å². The van der Waals surface area contributed by atoms with E-state index in [-0.39, 0.29) is 12.8 Å². The first kappa shape index (κ1) is 43.9. The Morgan fingerprint density at radius 2 is 1.58 bits per heavy atom. The number of fused-ring (bicyclic) bond motifs is 2. The van der Waals surface area contributed by atoms with E-state index < -0.39 is 36.8 Å². The summed E-state index contributed by atoms with van der Waals surface area (Å²) in [5, 5.41) is 9.69. The van der Waals surface area contributed by atoms with E-state index in [1.807, 2.05) is 18.2 Å². The van der Waals surface area contributed by atoms with E-state index in [0.29, 0.717) is 67.0 Å². The molecule has 1 saturated carbocycles. The molecule has 0 radical (unpaired) electrons. The summed E-state index contributed by atoms with van der Waals surface area (Å²) < 4.78 is 20.2. The van der Waals surface area contributed by atoms with E-state index in [2.05, 4.69) is 73.7 Å². The summed E-state index contributed by atoms with van der Waals surface area (Å²) in [6, 6.07) is 12.4. The van der Waals surface area contributed by atoms with Gasteiger partial charge in [0.25, 0.3) is 11.8 Å². The standard InChI is InChI=1S/C47H51BrN11O6P/c1-65-39-24-38(31(28-4-5-28)23-36(39)53-47-51-25-33(48)43(55-47)52-35-9-8-34-41(50-15-14-49-34)42(35)66(2,3)64)58-16-12-27(13-17-58)26-56-18-20-57(21-19-56)29-6-7-30-32(22-29)46(63)59(45(30)62)37-10-11-40(60)54-44(37)61/h6-9,14-15,22-25,27-28,37H,4-5,10-13,16-21,26H2,1-3H3,(H,54,60,61)(H2,51,52,53,55). The number of benzene rings is 3. The highest BCUT2D eigenvalue weighted by Crippen LogP contribution is 2.49. The number of halogens is 1. The molecule has 5 aliphatic rings. The summed E-state index contributed by atoms with van der Waals surface area (Å²) in [5.74, 6) is 0.661. The molecule has 1 aliphatic carbocycles. The van der Waals surface area contributed by atoms with Gasteiger partial charge in [-0.05, 0) is 115 Å². The van der Waals surface area contributed by atoms with E-state index in [9.17, 15) is 23.7 Å². The van der Waals surface area contributed by atoms with E-state index in [1.165, 1.54) is 11.3 Å². The molecule has 2 aromatic heterocycles. The number of aromatic nitrogens is 4. The van der Waals surface area contributed by atoms with Gasteiger partial charge in [-0.1, -0.05) is 0 Å². The largest absolute Gasteiger partial charge is 0.494 e. The van der Waals surface area contributed by atoms with Gasteiger partial charge in [0, 0.05) is 88.3 Å². The van der Waals surface area contributed by atoms with Crippen molar-refractivity contribution in [1.29, 1.82) is 0 Å². The summed E-state index contributed by atoms with van der Waals surface area (Å²) in [7, 11) is -1.10. The molecule has 1 atom stereocenters. The molecule has 6 heterocycles.